The van der Waals surface area contributed by atoms with E-state index >= 15 is 0 Å². The van der Waals surface area contributed by atoms with Crippen molar-refractivity contribution < 1.29 is 92.2 Å². The maximum Gasteiger partial charge on any atom is 0.395 e. The molecule has 0 spiro atoms. The van der Waals surface area contributed by atoms with Crippen LogP contribution in [0.1, 0.15) is 374 Å². The molecule has 656 valence electrons. The van der Waals surface area contributed by atoms with Crippen LogP contribution in [0.4, 0.5) is 92.2 Å². The highest BCUT2D eigenvalue weighted by atomic mass is 19.4. The van der Waals surface area contributed by atoms with Crippen molar-refractivity contribution in [2.45, 2.75) is 417 Å². The molecule has 0 aliphatic rings. The van der Waals surface area contributed by atoms with E-state index in [1.807, 2.05) is 145 Å². The topological polar surface area (TPSA) is 0 Å². The molecule has 0 aromatic heterocycles. The second kappa shape index (κ2) is 45.7. The molecular formula is C86H165F21. The quantitative estimate of drug-likeness (QED) is 0.0607. The first kappa shape index (κ1) is 119. The van der Waals surface area contributed by atoms with Crippen LogP contribution in [0, 0.1) is 137 Å². The summed E-state index contributed by atoms with van der Waals surface area (Å²) < 4.78 is 278. The van der Waals surface area contributed by atoms with Gasteiger partial charge in [0, 0.05) is 0 Å². The van der Waals surface area contributed by atoms with Crippen molar-refractivity contribution in [2.75, 3.05) is 0 Å². The van der Waals surface area contributed by atoms with Crippen molar-refractivity contribution in [3.8, 4) is 0 Å². The van der Waals surface area contributed by atoms with E-state index in [1.165, 1.54) is 48.5 Å². The molecule has 0 N–H and O–H groups in total. The van der Waals surface area contributed by atoms with Gasteiger partial charge < -0.3 is 0 Å². The molecule has 4 unspecified atom stereocenters. The normalized spacial score (nSPS) is 16.3. The van der Waals surface area contributed by atoms with Gasteiger partial charge in [-0.3, -0.25) is 0 Å². The van der Waals surface area contributed by atoms with Crippen molar-refractivity contribution >= 4 is 0 Å². The zero-order valence-corrected chi connectivity index (χ0v) is 75.4. The predicted molar refractivity (Wildman–Crippen MR) is 413 cm³/mol. The molecule has 0 amide bonds. The molecule has 0 nitrogen and oxygen atoms in total. The van der Waals surface area contributed by atoms with E-state index in [9.17, 15) is 92.2 Å². The first-order valence-corrected chi connectivity index (χ1v) is 40.7. The smallest absolute Gasteiger partial charge is 0.171 e. The lowest BCUT2D eigenvalue weighted by atomic mass is 9.49. The van der Waals surface area contributed by atoms with E-state index in [-0.39, 0.29) is 77.4 Å². The Balaban J connectivity index is -0.000000219. The average molecular weight is 1600 g/mol. The summed E-state index contributed by atoms with van der Waals surface area (Å²) in [4.78, 5) is 0. The van der Waals surface area contributed by atoms with Crippen LogP contribution >= 0.6 is 0 Å². The second-order valence-corrected chi connectivity index (χ2v) is 36.3. The molecule has 107 heavy (non-hydrogen) atoms. The first-order valence-electron chi connectivity index (χ1n) is 40.7. The molecule has 0 radical (unpaired) electrons. The lowest BCUT2D eigenvalue weighted by Crippen LogP contribution is -2.57. The third-order valence-corrected chi connectivity index (χ3v) is 29.1. The van der Waals surface area contributed by atoms with Gasteiger partial charge in [-0.1, -0.05) is 322 Å². The van der Waals surface area contributed by atoms with Crippen LogP contribution in [-0.4, -0.2) is 43.2 Å². The van der Waals surface area contributed by atoms with Gasteiger partial charge in [-0.05, 0) is 151 Å². The number of hydrogen-bond acceptors (Lipinski definition) is 0. The predicted octanol–water partition coefficient (Wildman–Crippen LogP) is 35.6. The molecule has 4 atom stereocenters. The molecule has 0 aromatic rings. The molecule has 0 heterocycles. The molecule has 0 saturated carbocycles. The Kier molecular flexibility index (Phi) is 50.8. The number of rotatable bonds is 31. The molecule has 0 bridgehead atoms. The minimum atomic E-state index is -4.17. The van der Waals surface area contributed by atoms with Gasteiger partial charge in [-0.15, -0.1) is 0 Å². The van der Waals surface area contributed by atoms with Gasteiger partial charge in [-0.25, -0.2) is 0 Å². The maximum absolute atomic E-state index is 13.8. The van der Waals surface area contributed by atoms with Gasteiger partial charge in [0.1, 0.15) is 0 Å². The van der Waals surface area contributed by atoms with Crippen molar-refractivity contribution in [2.24, 2.45) is 137 Å². The highest BCUT2D eigenvalue weighted by Crippen LogP contribution is 2.66. The first-order chi connectivity index (χ1) is 47.2. The molecule has 0 aliphatic carbocycles. The Hall–Kier alpha value is -1.47. The Morgan fingerprint density at radius 3 is 0.523 bits per heavy atom. The fraction of sp³-hybridized carbons (Fsp3) is 1.00. The van der Waals surface area contributed by atoms with E-state index in [0.29, 0.717) is 83.5 Å². The minimum Gasteiger partial charge on any atom is -0.171 e. The fourth-order valence-corrected chi connectivity index (χ4v) is 18.5. The van der Waals surface area contributed by atoms with Gasteiger partial charge in [0.25, 0.3) is 0 Å². The monoisotopic (exact) mass is 1600 g/mol. The minimum absolute atomic E-state index is 0.0361. The average Bonchev–Trinajstić information content (AvgIpc) is 0.720. The van der Waals surface area contributed by atoms with Gasteiger partial charge in [0.2, 0.25) is 0 Å². The van der Waals surface area contributed by atoms with Crippen molar-refractivity contribution in [1.29, 1.82) is 0 Å². The van der Waals surface area contributed by atoms with Gasteiger partial charge in [0.15, 0.2) is 0 Å². The van der Waals surface area contributed by atoms with Gasteiger partial charge in [-0.2, -0.15) is 92.2 Å². The van der Waals surface area contributed by atoms with Crippen LogP contribution in [0.25, 0.3) is 0 Å². The standard InChI is InChI=1S/C15H29F3.3C13H25F3.C12H23F3.C11H21F3.C9H17F3/c1-8-12(5,9-2)14(7,15(16,17)18)13(6,10-3)11-4;1-8(2)11(9(3)4)12(7,10(5)6)13(14,15)16;1-7-8-12(6,13(14,15)16)11(9(2)3)10(4)5;1-6-10(7-2)12(5,13(14,15)16)11(8-3)9-4;1-7-10(5,8-2)11(6,9(3)4)12(13,14)15;1-6-9(7-2)10(5,8(3)4)11(12,13)14;1-6(2)8(5,7(3)4)9(10,11)12/h8-11H2,1-7H3;8-11H,1-7H3;9-11H,7-8H2,1-6H3;10-11H,6-9H2,1-5H3;9H,7-8H2,1-6H3;8-9H,6-7H2,1-5H3;6-7H,1-5H3. The highest BCUT2D eigenvalue weighted by molar-refractivity contribution is 5.06. The summed E-state index contributed by atoms with van der Waals surface area (Å²) in [6.45, 7) is 70.7. The maximum atomic E-state index is 13.8. The third-order valence-electron chi connectivity index (χ3n) is 29.1. The Bertz CT molecular complexity index is 2200. The molecule has 0 aliphatic heterocycles. The molecule has 0 fully saturated rings. The molecule has 0 saturated heterocycles. The number of halogens is 21. The van der Waals surface area contributed by atoms with E-state index < -0.39 is 109 Å². The van der Waals surface area contributed by atoms with Crippen LogP contribution in [0.15, 0.2) is 0 Å². The van der Waals surface area contributed by atoms with E-state index in [2.05, 4.69) is 0 Å². The summed E-state index contributed by atoms with van der Waals surface area (Å²) in [5.74, 6) is -3.20. The van der Waals surface area contributed by atoms with Crippen molar-refractivity contribution in [1.82, 2.24) is 0 Å². The summed E-state index contributed by atoms with van der Waals surface area (Å²) >= 11 is 0. The number of hydrogen-bond donors (Lipinski definition) is 0. The van der Waals surface area contributed by atoms with Crippen LogP contribution in [0.5, 0.6) is 0 Å². The summed E-state index contributed by atoms with van der Waals surface area (Å²) in [5, 5.41) is 0. The SMILES string of the molecule is CC(C)C(C(C)C)C(C)(C(C)C)C(F)(F)F.CC(C)C(C)(C(C)C)C(F)(F)F.CCC(C)(CC)C(C)(C(C)C)C(F)(F)F.CCC(C)(CC)C(C)(C(F)(F)F)C(C)(CC)CC.CCC(CC)C(C)(C(C)C)C(F)(F)F.CCC(CC)C(C)(C(CC)CC)C(F)(F)F.CCCC(C)(C(C(C)C)C(C)C)C(F)(F)F. The van der Waals surface area contributed by atoms with E-state index in [4.69, 9.17) is 0 Å². The molecule has 0 rings (SSSR count). The lowest BCUT2D eigenvalue weighted by molar-refractivity contribution is -0.301. The summed E-state index contributed by atoms with van der Waals surface area (Å²) in [6, 6.07) is 0. The Morgan fingerprint density at radius 2 is 0.430 bits per heavy atom. The molecule has 0 aromatic carbocycles. The zero-order chi connectivity index (χ0) is 88.5. The number of alkyl halides is 21. The van der Waals surface area contributed by atoms with Crippen LogP contribution < -0.4 is 0 Å². The van der Waals surface area contributed by atoms with Crippen LogP contribution in [0.3, 0.4) is 0 Å². The highest BCUT2D eigenvalue weighted by Gasteiger charge is 2.68. The lowest BCUT2D eigenvalue weighted by Gasteiger charge is -2.57. The fourth-order valence-electron chi connectivity index (χ4n) is 18.5. The van der Waals surface area contributed by atoms with Crippen LogP contribution in [-0.2, 0) is 0 Å². The van der Waals surface area contributed by atoms with Crippen LogP contribution in [0.2, 0.25) is 0 Å². The zero-order valence-electron chi connectivity index (χ0n) is 75.4. The summed E-state index contributed by atoms with van der Waals surface area (Å²) in [5.41, 5.74) is -13.2. The largest absolute Gasteiger partial charge is 0.395 e. The van der Waals surface area contributed by atoms with Gasteiger partial charge in [0.05, 0.1) is 37.9 Å². The Morgan fingerprint density at radius 1 is 0.215 bits per heavy atom. The van der Waals surface area contributed by atoms with Crippen molar-refractivity contribution in [3.63, 3.8) is 0 Å². The molecular weight excluding hydrogens is 1430 g/mol. The molecule has 21 heteroatoms. The van der Waals surface area contributed by atoms with E-state index in [0.717, 1.165) is 0 Å². The van der Waals surface area contributed by atoms with E-state index in [1.54, 1.807) is 90.0 Å². The second-order valence-electron chi connectivity index (χ2n) is 36.3. The summed E-state index contributed by atoms with van der Waals surface area (Å²) in [7, 11) is 0. The van der Waals surface area contributed by atoms with Gasteiger partial charge >= 0.3 is 43.2 Å². The van der Waals surface area contributed by atoms with Crippen molar-refractivity contribution in [3.05, 3.63) is 0 Å². The Labute approximate surface area is 643 Å². The third kappa shape index (κ3) is 27.9. The summed E-state index contributed by atoms with van der Waals surface area (Å²) in [6.07, 6.45) is -21.2.